The van der Waals surface area contributed by atoms with Gasteiger partial charge in [-0.05, 0) is 69.3 Å². The first-order chi connectivity index (χ1) is 12.0. The van der Waals surface area contributed by atoms with Crippen LogP contribution in [0.1, 0.15) is 31.1 Å². The summed E-state index contributed by atoms with van der Waals surface area (Å²) in [5, 5.41) is 2.87. The van der Waals surface area contributed by atoms with Crippen molar-refractivity contribution in [2.75, 3.05) is 18.5 Å². The smallest absolute Gasteiger partial charge is 0.264 e. The van der Waals surface area contributed by atoms with Gasteiger partial charge in [-0.1, -0.05) is 0 Å². The molecule has 0 saturated heterocycles. The van der Waals surface area contributed by atoms with E-state index < -0.39 is 10.0 Å². The minimum Gasteiger partial charge on any atom is -0.497 e. The zero-order valence-electron chi connectivity index (χ0n) is 15.6. The second-order valence-electron chi connectivity index (χ2n) is 6.90. The third kappa shape index (κ3) is 4.54. The lowest BCUT2D eigenvalue weighted by molar-refractivity contribution is 0.0919. The van der Waals surface area contributed by atoms with E-state index in [-0.39, 0.29) is 16.3 Å². The lowest BCUT2D eigenvalue weighted by Gasteiger charge is -2.22. The summed E-state index contributed by atoms with van der Waals surface area (Å²) < 4.78 is 31.7. The van der Waals surface area contributed by atoms with Gasteiger partial charge in [0.15, 0.2) is 0 Å². The second-order valence-corrected chi connectivity index (χ2v) is 8.87. The molecule has 0 spiro atoms. The molecule has 0 heterocycles. The monoisotopic (exact) mass is 376 g/mol. The normalized spacial score (nSPS) is 11.7. The third-order valence-electron chi connectivity index (χ3n) is 3.70. The number of ether oxygens (including phenoxy) is 1. The molecule has 0 saturated carbocycles. The van der Waals surface area contributed by atoms with E-state index in [1.807, 2.05) is 20.8 Å². The Morgan fingerprint density at radius 1 is 1.00 bits per heavy atom. The molecule has 1 amide bonds. The van der Waals surface area contributed by atoms with Crippen molar-refractivity contribution in [2.45, 2.75) is 31.2 Å². The summed E-state index contributed by atoms with van der Waals surface area (Å²) in [4.78, 5) is 12.3. The first kappa shape index (κ1) is 19.8. The molecule has 0 fully saturated rings. The zero-order valence-corrected chi connectivity index (χ0v) is 16.4. The first-order valence-corrected chi connectivity index (χ1v) is 9.54. The summed E-state index contributed by atoms with van der Waals surface area (Å²) in [6.07, 6.45) is 0. The Kier molecular flexibility index (Phi) is 5.61. The predicted octanol–water partition coefficient (Wildman–Crippen LogP) is 3.05. The molecule has 2 aromatic rings. The van der Waals surface area contributed by atoms with Gasteiger partial charge in [0.2, 0.25) is 0 Å². The van der Waals surface area contributed by atoms with Crippen LogP contribution in [0.3, 0.4) is 0 Å². The number of carbonyl (C=O) groups is 1. The summed E-state index contributed by atoms with van der Waals surface area (Å²) in [6.45, 7) is 5.69. The average molecular weight is 376 g/mol. The molecule has 1 N–H and O–H groups in total. The van der Waals surface area contributed by atoms with Gasteiger partial charge in [-0.25, -0.2) is 8.42 Å². The number of benzene rings is 2. The number of nitrogens with zero attached hydrogens (tertiary/aromatic N) is 1. The highest BCUT2D eigenvalue weighted by atomic mass is 32.2. The van der Waals surface area contributed by atoms with Crippen molar-refractivity contribution in [2.24, 2.45) is 0 Å². The molecule has 6 nitrogen and oxygen atoms in total. The highest BCUT2D eigenvalue weighted by Gasteiger charge is 2.22. The molecule has 140 valence electrons. The van der Waals surface area contributed by atoms with E-state index in [0.717, 1.165) is 0 Å². The molecule has 0 radical (unpaired) electrons. The van der Waals surface area contributed by atoms with Crippen LogP contribution in [0.25, 0.3) is 0 Å². The van der Waals surface area contributed by atoms with Crippen molar-refractivity contribution in [1.82, 2.24) is 5.32 Å². The van der Waals surface area contributed by atoms with E-state index in [2.05, 4.69) is 5.32 Å². The Balaban J connectivity index is 2.23. The van der Waals surface area contributed by atoms with E-state index in [1.54, 1.807) is 36.4 Å². The first-order valence-electron chi connectivity index (χ1n) is 8.10. The maximum absolute atomic E-state index is 12.7. The molecule has 2 rings (SSSR count). The molecule has 0 unspecified atom stereocenters. The van der Waals surface area contributed by atoms with E-state index in [4.69, 9.17) is 4.74 Å². The zero-order chi connectivity index (χ0) is 19.5. The number of hydrogen-bond acceptors (Lipinski definition) is 4. The van der Waals surface area contributed by atoms with Crippen LogP contribution in [0.5, 0.6) is 5.75 Å². The van der Waals surface area contributed by atoms with Gasteiger partial charge in [-0.2, -0.15) is 0 Å². The number of amides is 1. The molecule has 0 aromatic heterocycles. The van der Waals surface area contributed by atoms with Crippen LogP contribution in [0.2, 0.25) is 0 Å². The van der Waals surface area contributed by atoms with Gasteiger partial charge < -0.3 is 10.1 Å². The number of rotatable bonds is 5. The summed E-state index contributed by atoms with van der Waals surface area (Å²) in [6, 6.07) is 12.6. The summed E-state index contributed by atoms with van der Waals surface area (Å²) in [5.74, 6) is 0.380. The van der Waals surface area contributed by atoms with Gasteiger partial charge in [-0.15, -0.1) is 0 Å². The summed E-state index contributed by atoms with van der Waals surface area (Å²) >= 11 is 0. The molecule has 7 heteroatoms. The number of hydrogen-bond donors (Lipinski definition) is 1. The van der Waals surface area contributed by atoms with Crippen LogP contribution in [-0.2, 0) is 10.0 Å². The number of methoxy groups -OCH3 is 1. The highest BCUT2D eigenvalue weighted by Crippen LogP contribution is 2.24. The van der Waals surface area contributed by atoms with Crippen molar-refractivity contribution >= 4 is 21.6 Å². The second kappa shape index (κ2) is 7.37. The standard InChI is InChI=1S/C19H24N2O4S/c1-19(2,3)20-18(22)14-6-8-15(9-7-14)21(4)26(23,24)17-12-10-16(25-5)11-13-17/h6-13H,1-5H3,(H,20,22). The van der Waals surface area contributed by atoms with Crippen LogP contribution in [0.15, 0.2) is 53.4 Å². The van der Waals surface area contributed by atoms with E-state index >= 15 is 0 Å². The maximum atomic E-state index is 12.7. The van der Waals surface area contributed by atoms with Gasteiger partial charge in [-0.3, -0.25) is 9.10 Å². The van der Waals surface area contributed by atoms with Gasteiger partial charge >= 0.3 is 0 Å². The van der Waals surface area contributed by atoms with Crippen molar-refractivity contribution in [3.05, 3.63) is 54.1 Å². The van der Waals surface area contributed by atoms with Gasteiger partial charge in [0.25, 0.3) is 15.9 Å². The van der Waals surface area contributed by atoms with Crippen LogP contribution in [0.4, 0.5) is 5.69 Å². The Hall–Kier alpha value is -2.54. The fourth-order valence-electron chi connectivity index (χ4n) is 2.28. The molecule has 0 aliphatic heterocycles. The Morgan fingerprint density at radius 3 is 2.00 bits per heavy atom. The molecule has 0 bridgehead atoms. The van der Waals surface area contributed by atoms with Crippen molar-refractivity contribution in [3.8, 4) is 5.75 Å². The average Bonchev–Trinajstić information content (AvgIpc) is 2.59. The van der Waals surface area contributed by atoms with E-state index in [9.17, 15) is 13.2 Å². The van der Waals surface area contributed by atoms with Crippen LogP contribution < -0.4 is 14.4 Å². The quantitative estimate of drug-likeness (QED) is 0.870. The Bertz CT molecular complexity index is 867. The van der Waals surface area contributed by atoms with Crippen LogP contribution in [0, 0.1) is 0 Å². The van der Waals surface area contributed by atoms with Gasteiger partial charge in [0, 0.05) is 18.2 Å². The molecular formula is C19H24N2O4S. The number of anilines is 1. The summed E-state index contributed by atoms with van der Waals surface area (Å²) in [5.41, 5.74) is 0.594. The topological polar surface area (TPSA) is 75.7 Å². The highest BCUT2D eigenvalue weighted by molar-refractivity contribution is 7.92. The third-order valence-corrected chi connectivity index (χ3v) is 5.50. The maximum Gasteiger partial charge on any atom is 0.264 e. The number of carbonyl (C=O) groups excluding carboxylic acids is 1. The van der Waals surface area contributed by atoms with Crippen molar-refractivity contribution in [3.63, 3.8) is 0 Å². The minimum atomic E-state index is -3.70. The Morgan fingerprint density at radius 2 is 1.54 bits per heavy atom. The molecule has 26 heavy (non-hydrogen) atoms. The minimum absolute atomic E-state index is 0.162. The van der Waals surface area contributed by atoms with Gasteiger partial charge in [0.05, 0.1) is 17.7 Å². The van der Waals surface area contributed by atoms with Gasteiger partial charge in [0.1, 0.15) is 5.75 Å². The largest absolute Gasteiger partial charge is 0.497 e. The number of nitrogens with one attached hydrogen (secondary N) is 1. The summed E-state index contributed by atoms with van der Waals surface area (Å²) in [7, 11) is -0.705. The van der Waals surface area contributed by atoms with Crippen LogP contribution in [-0.4, -0.2) is 34.0 Å². The molecule has 0 aliphatic rings. The molecular weight excluding hydrogens is 352 g/mol. The fourth-order valence-corrected chi connectivity index (χ4v) is 3.48. The molecule has 0 aliphatic carbocycles. The lowest BCUT2D eigenvalue weighted by atomic mass is 10.1. The SMILES string of the molecule is COc1ccc(S(=O)(=O)N(C)c2ccc(C(=O)NC(C)(C)C)cc2)cc1. The molecule has 0 atom stereocenters. The van der Waals surface area contributed by atoms with Crippen molar-refractivity contribution < 1.29 is 17.9 Å². The Labute approximate surface area is 154 Å². The molecule has 2 aromatic carbocycles. The van der Waals surface area contributed by atoms with E-state index in [1.165, 1.54) is 30.6 Å². The van der Waals surface area contributed by atoms with Crippen LogP contribution >= 0.6 is 0 Å². The number of sulfonamides is 1. The fraction of sp³-hybridized carbons (Fsp3) is 0.316. The predicted molar refractivity (Wildman–Crippen MR) is 102 cm³/mol. The lowest BCUT2D eigenvalue weighted by Crippen LogP contribution is -2.40. The van der Waals surface area contributed by atoms with Crippen molar-refractivity contribution in [1.29, 1.82) is 0 Å². The van der Waals surface area contributed by atoms with E-state index in [0.29, 0.717) is 17.0 Å².